The van der Waals surface area contributed by atoms with Gasteiger partial charge in [0, 0.05) is 19.8 Å². The molecule has 0 aromatic carbocycles. The van der Waals surface area contributed by atoms with Gasteiger partial charge in [-0.3, -0.25) is 9.59 Å². The van der Waals surface area contributed by atoms with Crippen LogP contribution in [0.15, 0.2) is 12.3 Å². The SMILES string of the molecule is Cn1cc(C(N)=O)cc1C(=O)NCC(O)C1CCCC1. The number of aliphatic hydroxyl groups is 1. The molecule has 1 saturated carbocycles. The average Bonchev–Trinajstić information content (AvgIpc) is 3.04. The number of primary amides is 1. The summed E-state index contributed by atoms with van der Waals surface area (Å²) in [6.45, 7) is 0.237. The molecule has 1 atom stereocenters. The molecule has 0 aliphatic heterocycles. The van der Waals surface area contributed by atoms with Crippen molar-refractivity contribution in [3.8, 4) is 0 Å². The van der Waals surface area contributed by atoms with Crippen LogP contribution in [0.3, 0.4) is 0 Å². The van der Waals surface area contributed by atoms with E-state index in [0.717, 1.165) is 25.7 Å². The van der Waals surface area contributed by atoms with E-state index in [1.165, 1.54) is 12.3 Å². The van der Waals surface area contributed by atoms with Crippen LogP contribution in [0.25, 0.3) is 0 Å². The van der Waals surface area contributed by atoms with Crippen molar-refractivity contribution in [1.82, 2.24) is 9.88 Å². The molecule has 1 aliphatic carbocycles. The molecule has 20 heavy (non-hydrogen) atoms. The van der Waals surface area contributed by atoms with Crippen molar-refractivity contribution in [3.05, 3.63) is 23.5 Å². The molecule has 1 fully saturated rings. The molecule has 0 radical (unpaired) electrons. The van der Waals surface area contributed by atoms with Gasteiger partial charge in [0.05, 0.1) is 11.7 Å². The van der Waals surface area contributed by atoms with Gasteiger partial charge in [-0.25, -0.2) is 0 Å². The summed E-state index contributed by atoms with van der Waals surface area (Å²) in [5, 5.41) is 12.7. The maximum absolute atomic E-state index is 12.0. The first kappa shape index (κ1) is 14.6. The van der Waals surface area contributed by atoms with Crippen LogP contribution < -0.4 is 11.1 Å². The highest BCUT2D eigenvalue weighted by atomic mass is 16.3. The van der Waals surface area contributed by atoms with Gasteiger partial charge >= 0.3 is 0 Å². The second-order valence-corrected chi connectivity index (χ2v) is 5.41. The predicted octanol–water partition coefficient (Wildman–Crippen LogP) is 0.405. The molecular weight excluding hydrogens is 258 g/mol. The standard InChI is InChI=1S/C14H21N3O3/c1-17-8-10(13(15)19)6-11(17)14(20)16-7-12(18)9-4-2-3-5-9/h6,8-9,12,18H,2-5,7H2,1H3,(H2,15,19)(H,16,20). The van der Waals surface area contributed by atoms with Gasteiger partial charge in [0.1, 0.15) is 5.69 Å². The largest absolute Gasteiger partial charge is 0.391 e. The van der Waals surface area contributed by atoms with E-state index >= 15 is 0 Å². The van der Waals surface area contributed by atoms with E-state index in [4.69, 9.17) is 5.73 Å². The van der Waals surface area contributed by atoms with Crippen LogP contribution >= 0.6 is 0 Å². The zero-order valence-corrected chi connectivity index (χ0v) is 11.6. The summed E-state index contributed by atoms with van der Waals surface area (Å²) in [7, 11) is 1.68. The van der Waals surface area contributed by atoms with E-state index in [1.807, 2.05) is 0 Å². The molecule has 0 saturated heterocycles. The number of amides is 2. The lowest BCUT2D eigenvalue weighted by Crippen LogP contribution is -2.36. The van der Waals surface area contributed by atoms with E-state index in [9.17, 15) is 14.7 Å². The fourth-order valence-electron chi connectivity index (χ4n) is 2.72. The van der Waals surface area contributed by atoms with Gasteiger partial charge in [-0.1, -0.05) is 12.8 Å². The highest BCUT2D eigenvalue weighted by Crippen LogP contribution is 2.27. The van der Waals surface area contributed by atoms with Crippen LogP contribution in [0.4, 0.5) is 0 Å². The molecular formula is C14H21N3O3. The van der Waals surface area contributed by atoms with Crippen molar-refractivity contribution < 1.29 is 14.7 Å². The van der Waals surface area contributed by atoms with Gasteiger partial charge in [0.2, 0.25) is 5.91 Å². The molecule has 6 nitrogen and oxygen atoms in total. The molecule has 2 amide bonds. The lowest BCUT2D eigenvalue weighted by Gasteiger charge is -2.18. The normalized spacial score (nSPS) is 17.1. The van der Waals surface area contributed by atoms with E-state index < -0.39 is 12.0 Å². The van der Waals surface area contributed by atoms with E-state index in [1.54, 1.807) is 11.6 Å². The Morgan fingerprint density at radius 3 is 2.70 bits per heavy atom. The molecule has 1 aliphatic rings. The Morgan fingerprint density at radius 1 is 1.50 bits per heavy atom. The van der Waals surface area contributed by atoms with Crippen LogP contribution in [0.1, 0.15) is 46.5 Å². The van der Waals surface area contributed by atoms with Crippen molar-refractivity contribution in [2.45, 2.75) is 31.8 Å². The maximum Gasteiger partial charge on any atom is 0.268 e. The van der Waals surface area contributed by atoms with E-state index in [2.05, 4.69) is 5.32 Å². The number of hydrogen-bond acceptors (Lipinski definition) is 3. The van der Waals surface area contributed by atoms with Crippen molar-refractivity contribution in [2.24, 2.45) is 18.7 Å². The second kappa shape index (κ2) is 6.09. The van der Waals surface area contributed by atoms with Gasteiger partial charge in [-0.2, -0.15) is 0 Å². The number of carbonyl (C=O) groups excluding carboxylic acids is 2. The molecule has 0 spiro atoms. The number of aryl methyl sites for hydroxylation is 1. The second-order valence-electron chi connectivity index (χ2n) is 5.41. The third-order valence-corrected chi connectivity index (χ3v) is 3.94. The third kappa shape index (κ3) is 3.19. The number of hydrogen-bond donors (Lipinski definition) is 3. The van der Waals surface area contributed by atoms with Gasteiger partial charge in [-0.05, 0) is 24.8 Å². The average molecular weight is 279 g/mol. The van der Waals surface area contributed by atoms with Gasteiger partial charge in [-0.15, -0.1) is 0 Å². The highest BCUT2D eigenvalue weighted by Gasteiger charge is 2.24. The highest BCUT2D eigenvalue weighted by molar-refractivity contribution is 5.98. The van der Waals surface area contributed by atoms with Gasteiger partial charge in [0.25, 0.3) is 5.91 Å². The Balaban J connectivity index is 1.92. The summed E-state index contributed by atoms with van der Waals surface area (Å²) >= 11 is 0. The van der Waals surface area contributed by atoms with Crippen LogP contribution in [0.5, 0.6) is 0 Å². The summed E-state index contributed by atoms with van der Waals surface area (Å²) < 4.78 is 1.55. The molecule has 1 unspecified atom stereocenters. The quantitative estimate of drug-likeness (QED) is 0.728. The third-order valence-electron chi connectivity index (χ3n) is 3.94. The number of rotatable bonds is 5. The smallest absolute Gasteiger partial charge is 0.268 e. The van der Waals surface area contributed by atoms with Crippen molar-refractivity contribution in [3.63, 3.8) is 0 Å². The number of carbonyl (C=O) groups is 2. The summed E-state index contributed by atoms with van der Waals surface area (Å²) in [5.41, 5.74) is 5.84. The molecule has 1 aromatic heterocycles. The Morgan fingerprint density at radius 2 is 2.15 bits per heavy atom. The van der Waals surface area contributed by atoms with Crippen molar-refractivity contribution in [2.75, 3.05) is 6.54 Å². The maximum atomic E-state index is 12.0. The molecule has 6 heteroatoms. The Kier molecular flexibility index (Phi) is 4.44. The monoisotopic (exact) mass is 279 g/mol. The first-order valence-corrected chi connectivity index (χ1v) is 6.91. The number of nitrogens with zero attached hydrogens (tertiary/aromatic N) is 1. The molecule has 4 N–H and O–H groups in total. The molecule has 0 bridgehead atoms. The zero-order chi connectivity index (χ0) is 14.7. The fourth-order valence-corrected chi connectivity index (χ4v) is 2.72. The number of aliphatic hydroxyl groups excluding tert-OH is 1. The minimum atomic E-state index is -0.564. The van der Waals surface area contributed by atoms with Crippen LogP contribution in [-0.2, 0) is 7.05 Å². The number of aromatic nitrogens is 1. The number of nitrogens with one attached hydrogen (secondary N) is 1. The van der Waals surface area contributed by atoms with Crippen molar-refractivity contribution >= 4 is 11.8 Å². The number of nitrogens with two attached hydrogens (primary N) is 1. The summed E-state index contributed by atoms with van der Waals surface area (Å²) in [6, 6.07) is 1.46. The first-order chi connectivity index (χ1) is 9.49. The van der Waals surface area contributed by atoms with Crippen LogP contribution in [-0.4, -0.2) is 34.1 Å². The van der Waals surface area contributed by atoms with Gasteiger partial charge in [0.15, 0.2) is 0 Å². The summed E-state index contributed by atoms with van der Waals surface area (Å²) in [4.78, 5) is 23.1. The first-order valence-electron chi connectivity index (χ1n) is 6.91. The topological polar surface area (TPSA) is 97.4 Å². The lowest BCUT2D eigenvalue weighted by atomic mass is 10.0. The molecule has 1 heterocycles. The Hall–Kier alpha value is -1.82. The minimum absolute atomic E-state index is 0.237. The molecule has 110 valence electrons. The summed E-state index contributed by atoms with van der Waals surface area (Å²) in [5.74, 6) is -0.590. The molecule has 2 rings (SSSR count). The van der Waals surface area contributed by atoms with E-state index in [-0.39, 0.29) is 18.4 Å². The zero-order valence-electron chi connectivity index (χ0n) is 11.6. The fraction of sp³-hybridized carbons (Fsp3) is 0.571. The van der Waals surface area contributed by atoms with Gasteiger partial charge < -0.3 is 20.7 Å². The Bertz CT molecular complexity index is 504. The van der Waals surface area contributed by atoms with E-state index in [0.29, 0.717) is 11.3 Å². The lowest BCUT2D eigenvalue weighted by molar-refractivity contribution is 0.0834. The minimum Gasteiger partial charge on any atom is -0.391 e. The van der Waals surface area contributed by atoms with Crippen LogP contribution in [0.2, 0.25) is 0 Å². The summed E-state index contributed by atoms with van der Waals surface area (Å²) in [6.07, 6.45) is 5.35. The molecule has 1 aromatic rings. The Labute approximate surface area is 118 Å². The van der Waals surface area contributed by atoms with Crippen molar-refractivity contribution in [1.29, 1.82) is 0 Å². The van der Waals surface area contributed by atoms with Crippen LogP contribution in [0, 0.1) is 5.92 Å². The predicted molar refractivity (Wildman–Crippen MR) is 74.2 cm³/mol.